The Morgan fingerprint density at radius 1 is 1.44 bits per heavy atom. The maximum atomic E-state index is 5.49. The second-order valence-electron chi connectivity index (χ2n) is 4.63. The van der Waals surface area contributed by atoms with Gasteiger partial charge in [-0.2, -0.15) is 0 Å². The Labute approximate surface area is 112 Å². The fourth-order valence-electron chi connectivity index (χ4n) is 1.75. The summed E-state index contributed by atoms with van der Waals surface area (Å²) in [5.74, 6) is 0. The van der Waals surface area contributed by atoms with Gasteiger partial charge in [0.25, 0.3) is 0 Å². The number of nitrogens with zero attached hydrogens (tertiary/aromatic N) is 2. The molecule has 2 aromatic rings. The summed E-state index contributed by atoms with van der Waals surface area (Å²) in [5, 5.41) is 5.46. The van der Waals surface area contributed by atoms with E-state index in [2.05, 4.69) is 34.7 Å². The zero-order chi connectivity index (χ0) is 12.8. The second-order valence-corrected chi connectivity index (χ2v) is 5.50. The van der Waals surface area contributed by atoms with Crippen LogP contribution in [0, 0.1) is 0 Å². The summed E-state index contributed by atoms with van der Waals surface area (Å²) in [5.41, 5.74) is 1.11. The number of imidazole rings is 1. The topological polar surface area (TPSA) is 38.6 Å². The minimum absolute atomic E-state index is 0.344. The van der Waals surface area contributed by atoms with Gasteiger partial charge in [-0.25, -0.2) is 4.98 Å². The van der Waals surface area contributed by atoms with E-state index in [1.165, 1.54) is 0 Å². The Hall–Kier alpha value is -0.910. The Balaban J connectivity index is 1.57. The normalized spacial score (nSPS) is 11.7. The van der Waals surface area contributed by atoms with Crippen LogP contribution >= 0.6 is 11.3 Å². The first-order valence-electron chi connectivity index (χ1n) is 6.49. The van der Waals surface area contributed by atoms with Crippen molar-refractivity contribution in [2.45, 2.75) is 39.3 Å². The highest BCUT2D eigenvalue weighted by molar-refractivity contribution is 7.15. The van der Waals surface area contributed by atoms with Crippen LogP contribution in [0.1, 0.15) is 32.4 Å². The first kappa shape index (κ1) is 13.5. The molecule has 0 aromatic carbocycles. The maximum Gasteiger partial charge on any atom is 0.193 e. The maximum absolute atomic E-state index is 5.49. The van der Waals surface area contributed by atoms with Crippen molar-refractivity contribution in [2.24, 2.45) is 0 Å². The van der Waals surface area contributed by atoms with E-state index in [0.717, 1.165) is 43.2 Å². The van der Waals surface area contributed by atoms with Crippen LogP contribution in [0.25, 0.3) is 4.96 Å². The summed E-state index contributed by atoms with van der Waals surface area (Å²) in [7, 11) is 0. The number of nitrogens with one attached hydrogen (secondary N) is 1. The van der Waals surface area contributed by atoms with Gasteiger partial charge in [0.05, 0.1) is 11.8 Å². The van der Waals surface area contributed by atoms with Crippen molar-refractivity contribution >= 4 is 16.3 Å². The van der Waals surface area contributed by atoms with Crippen LogP contribution < -0.4 is 5.32 Å². The van der Waals surface area contributed by atoms with Crippen molar-refractivity contribution in [2.75, 3.05) is 13.2 Å². The van der Waals surface area contributed by atoms with E-state index < -0.39 is 0 Å². The van der Waals surface area contributed by atoms with Gasteiger partial charge >= 0.3 is 0 Å². The average Bonchev–Trinajstić information content (AvgIpc) is 2.87. The summed E-state index contributed by atoms with van der Waals surface area (Å²) >= 11 is 1.67. The van der Waals surface area contributed by atoms with Gasteiger partial charge in [0.15, 0.2) is 4.96 Å². The van der Waals surface area contributed by atoms with Crippen LogP contribution in [0.4, 0.5) is 0 Å². The van der Waals surface area contributed by atoms with Gasteiger partial charge < -0.3 is 10.1 Å². The number of unbranched alkanes of at least 4 members (excludes halogenated alkanes) is 1. The Morgan fingerprint density at radius 3 is 3.11 bits per heavy atom. The number of hydrogen-bond acceptors (Lipinski definition) is 4. The summed E-state index contributed by atoms with van der Waals surface area (Å²) in [6.45, 7) is 6.87. The molecule has 2 rings (SSSR count). The van der Waals surface area contributed by atoms with Crippen LogP contribution in [0.15, 0.2) is 17.8 Å². The number of hydrogen-bond donors (Lipinski definition) is 1. The SMILES string of the molecule is CC(C)OCCCCNCc1cn2ccsc2n1. The minimum atomic E-state index is 0.344. The third-order valence-electron chi connectivity index (χ3n) is 2.65. The molecule has 1 N–H and O–H groups in total. The number of aromatic nitrogens is 2. The van der Waals surface area contributed by atoms with E-state index in [1.807, 2.05) is 11.6 Å². The van der Waals surface area contributed by atoms with E-state index in [-0.39, 0.29) is 0 Å². The molecule has 0 aliphatic rings. The fraction of sp³-hybridized carbons (Fsp3) is 0.615. The summed E-state index contributed by atoms with van der Waals surface area (Å²) < 4.78 is 7.56. The van der Waals surface area contributed by atoms with E-state index in [4.69, 9.17) is 4.74 Å². The quantitative estimate of drug-likeness (QED) is 0.747. The van der Waals surface area contributed by atoms with Crippen molar-refractivity contribution < 1.29 is 4.74 Å². The fourth-order valence-corrected chi connectivity index (χ4v) is 2.47. The smallest absolute Gasteiger partial charge is 0.193 e. The molecule has 2 heterocycles. The van der Waals surface area contributed by atoms with Crippen LogP contribution in [-0.4, -0.2) is 28.6 Å². The van der Waals surface area contributed by atoms with Crippen molar-refractivity contribution in [3.8, 4) is 0 Å². The van der Waals surface area contributed by atoms with E-state index in [1.54, 1.807) is 11.3 Å². The third-order valence-corrected chi connectivity index (χ3v) is 3.42. The molecule has 0 bridgehead atoms. The number of ether oxygens (including phenoxy) is 1. The largest absolute Gasteiger partial charge is 0.379 e. The molecule has 0 fully saturated rings. The third kappa shape index (κ3) is 4.08. The molecule has 18 heavy (non-hydrogen) atoms. The Bertz CT molecular complexity index is 435. The van der Waals surface area contributed by atoms with Gasteiger partial charge in [-0.05, 0) is 33.2 Å². The zero-order valence-electron chi connectivity index (χ0n) is 11.1. The molecule has 0 saturated heterocycles. The van der Waals surface area contributed by atoms with Crippen LogP contribution in [0.3, 0.4) is 0 Å². The van der Waals surface area contributed by atoms with Crippen molar-refractivity contribution in [1.82, 2.24) is 14.7 Å². The highest BCUT2D eigenvalue weighted by Crippen LogP contribution is 2.10. The van der Waals surface area contributed by atoms with E-state index in [0.29, 0.717) is 6.10 Å². The van der Waals surface area contributed by atoms with E-state index >= 15 is 0 Å². The predicted octanol–water partition coefficient (Wildman–Crippen LogP) is 2.69. The second kappa shape index (κ2) is 6.87. The molecule has 0 unspecified atom stereocenters. The van der Waals surface area contributed by atoms with Gasteiger partial charge in [-0.1, -0.05) is 0 Å². The molecule has 0 saturated carbocycles. The van der Waals surface area contributed by atoms with Gasteiger partial charge in [0.1, 0.15) is 0 Å². The van der Waals surface area contributed by atoms with Crippen LogP contribution in [-0.2, 0) is 11.3 Å². The first-order valence-corrected chi connectivity index (χ1v) is 7.37. The molecule has 0 aliphatic heterocycles. The lowest BCUT2D eigenvalue weighted by atomic mass is 10.3. The molecule has 0 amide bonds. The lowest BCUT2D eigenvalue weighted by Crippen LogP contribution is -2.15. The Kier molecular flexibility index (Phi) is 5.16. The molecule has 0 radical (unpaired) electrons. The van der Waals surface area contributed by atoms with E-state index in [9.17, 15) is 0 Å². The highest BCUT2D eigenvalue weighted by Gasteiger charge is 2.01. The molecule has 2 aromatic heterocycles. The molecule has 5 heteroatoms. The van der Waals surface area contributed by atoms with Crippen molar-refractivity contribution in [3.63, 3.8) is 0 Å². The average molecular weight is 267 g/mol. The van der Waals surface area contributed by atoms with Crippen molar-refractivity contribution in [1.29, 1.82) is 0 Å². The standard InChI is InChI=1S/C13H21N3OS/c1-11(2)17-7-4-3-5-14-9-12-10-16-6-8-18-13(16)15-12/h6,8,10-11,14H,3-5,7,9H2,1-2H3. The van der Waals surface area contributed by atoms with Crippen molar-refractivity contribution in [3.05, 3.63) is 23.5 Å². The molecular weight excluding hydrogens is 246 g/mol. The molecule has 4 nitrogen and oxygen atoms in total. The number of rotatable bonds is 8. The molecular formula is C13H21N3OS. The van der Waals surface area contributed by atoms with Crippen LogP contribution in [0.5, 0.6) is 0 Å². The minimum Gasteiger partial charge on any atom is -0.379 e. The highest BCUT2D eigenvalue weighted by atomic mass is 32.1. The molecule has 0 spiro atoms. The summed E-state index contributed by atoms with van der Waals surface area (Å²) in [4.78, 5) is 5.59. The molecule has 100 valence electrons. The van der Waals surface area contributed by atoms with Gasteiger partial charge in [0, 0.05) is 30.9 Å². The zero-order valence-corrected chi connectivity index (χ0v) is 11.9. The monoisotopic (exact) mass is 267 g/mol. The number of fused-ring (bicyclic) bond motifs is 1. The lowest BCUT2D eigenvalue weighted by Gasteiger charge is -2.07. The molecule has 0 atom stereocenters. The van der Waals surface area contributed by atoms with Gasteiger partial charge in [-0.15, -0.1) is 11.3 Å². The number of thiazole rings is 1. The summed E-state index contributed by atoms with van der Waals surface area (Å²) in [6, 6.07) is 0. The Morgan fingerprint density at radius 2 is 2.33 bits per heavy atom. The lowest BCUT2D eigenvalue weighted by molar-refractivity contribution is 0.0760. The molecule has 0 aliphatic carbocycles. The van der Waals surface area contributed by atoms with Gasteiger partial charge in [0.2, 0.25) is 0 Å². The van der Waals surface area contributed by atoms with Gasteiger partial charge in [-0.3, -0.25) is 4.40 Å². The van der Waals surface area contributed by atoms with Crippen LogP contribution in [0.2, 0.25) is 0 Å². The predicted molar refractivity (Wildman–Crippen MR) is 75.1 cm³/mol. The summed E-state index contributed by atoms with van der Waals surface area (Å²) in [6.07, 6.45) is 6.73. The first-order chi connectivity index (χ1) is 8.75.